The van der Waals surface area contributed by atoms with Crippen molar-refractivity contribution < 1.29 is 4.39 Å². The molecule has 2 aromatic rings. The van der Waals surface area contributed by atoms with Gasteiger partial charge in [0.25, 0.3) is 0 Å². The number of benzene rings is 1. The van der Waals surface area contributed by atoms with Crippen LogP contribution in [-0.2, 0) is 6.54 Å². The first-order valence-corrected chi connectivity index (χ1v) is 12.1. The molecule has 4 rings (SSSR count). The lowest BCUT2D eigenvalue weighted by Crippen LogP contribution is -2.49. The van der Waals surface area contributed by atoms with E-state index >= 15 is 0 Å². The van der Waals surface area contributed by atoms with E-state index in [1.54, 1.807) is 12.1 Å². The quantitative estimate of drug-likeness (QED) is 0.549. The summed E-state index contributed by atoms with van der Waals surface area (Å²) in [6.45, 7) is 10.9. The lowest BCUT2D eigenvalue weighted by molar-refractivity contribution is 0.176. The van der Waals surface area contributed by atoms with E-state index in [0.29, 0.717) is 24.4 Å². The molecule has 1 N–H and O–H groups in total. The van der Waals surface area contributed by atoms with Gasteiger partial charge < -0.3 is 14.8 Å². The smallest absolute Gasteiger partial charge is 0.193 e. The standard InChI is InChI=1S/C25H37FN6/c1-3-28-25(31-14-8-20(2)24(18-31)32-15-11-27-19-32)29-16-21-9-12-30(13-10-21)17-22-6-4-5-7-23(22)26/h4-7,11,15,19-21,24H,3,8-10,12-14,16-18H2,1-2H3,(H,28,29). The van der Waals surface area contributed by atoms with Gasteiger partial charge in [0.05, 0.1) is 12.4 Å². The number of aliphatic imine (C=N–C) groups is 1. The first kappa shape index (κ1) is 22.8. The molecule has 0 radical (unpaired) electrons. The van der Waals surface area contributed by atoms with Crippen molar-refractivity contribution in [3.05, 3.63) is 54.4 Å². The van der Waals surface area contributed by atoms with Crippen molar-refractivity contribution in [1.82, 2.24) is 24.7 Å². The van der Waals surface area contributed by atoms with E-state index in [1.165, 1.54) is 0 Å². The zero-order valence-corrected chi connectivity index (χ0v) is 19.5. The average Bonchev–Trinajstić information content (AvgIpc) is 3.34. The highest BCUT2D eigenvalue weighted by atomic mass is 19.1. The van der Waals surface area contributed by atoms with E-state index in [1.807, 2.05) is 24.7 Å². The molecule has 0 amide bonds. The molecule has 6 nitrogen and oxygen atoms in total. The number of piperidine rings is 2. The van der Waals surface area contributed by atoms with E-state index in [4.69, 9.17) is 4.99 Å². The molecule has 3 heterocycles. The Hall–Kier alpha value is -2.41. The number of hydrogen-bond donors (Lipinski definition) is 1. The minimum atomic E-state index is -0.0978. The van der Waals surface area contributed by atoms with Gasteiger partial charge in [-0.25, -0.2) is 9.37 Å². The zero-order valence-electron chi connectivity index (χ0n) is 19.5. The van der Waals surface area contributed by atoms with Crippen LogP contribution in [0.1, 0.15) is 44.7 Å². The lowest BCUT2D eigenvalue weighted by atomic mass is 9.93. The number of nitrogens with zero attached hydrogens (tertiary/aromatic N) is 5. The molecule has 0 spiro atoms. The summed E-state index contributed by atoms with van der Waals surface area (Å²) in [5.41, 5.74) is 0.796. The first-order chi connectivity index (χ1) is 15.6. The van der Waals surface area contributed by atoms with Gasteiger partial charge in [0.1, 0.15) is 5.82 Å². The third-order valence-electron chi connectivity index (χ3n) is 7.02. The largest absolute Gasteiger partial charge is 0.357 e. The zero-order chi connectivity index (χ0) is 22.3. The minimum absolute atomic E-state index is 0.0978. The van der Waals surface area contributed by atoms with Gasteiger partial charge in [-0.1, -0.05) is 25.1 Å². The molecule has 2 atom stereocenters. The lowest BCUT2D eigenvalue weighted by Gasteiger charge is -2.39. The van der Waals surface area contributed by atoms with Crippen LogP contribution in [0.4, 0.5) is 4.39 Å². The van der Waals surface area contributed by atoms with E-state index in [-0.39, 0.29) is 5.82 Å². The summed E-state index contributed by atoms with van der Waals surface area (Å²) in [6.07, 6.45) is 9.26. The predicted molar refractivity (Wildman–Crippen MR) is 127 cm³/mol. The van der Waals surface area contributed by atoms with Crippen molar-refractivity contribution in [2.24, 2.45) is 16.8 Å². The number of guanidine groups is 1. The number of likely N-dealkylation sites (tertiary alicyclic amines) is 2. The molecule has 0 bridgehead atoms. The van der Waals surface area contributed by atoms with Gasteiger partial charge >= 0.3 is 0 Å². The van der Waals surface area contributed by atoms with Gasteiger partial charge in [-0.2, -0.15) is 0 Å². The van der Waals surface area contributed by atoms with Gasteiger partial charge in [-0.3, -0.25) is 9.89 Å². The van der Waals surface area contributed by atoms with Crippen LogP contribution in [0.5, 0.6) is 0 Å². The summed E-state index contributed by atoms with van der Waals surface area (Å²) in [5.74, 6) is 2.16. The number of hydrogen-bond acceptors (Lipinski definition) is 3. The summed E-state index contributed by atoms with van der Waals surface area (Å²) < 4.78 is 16.2. The van der Waals surface area contributed by atoms with Crippen molar-refractivity contribution in [2.75, 3.05) is 39.3 Å². The Morgan fingerprint density at radius 3 is 2.72 bits per heavy atom. The topological polar surface area (TPSA) is 48.7 Å². The van der Waals surface area contributed by atoms with Gasteiger partial charge in [0.2, 0.25) is 0 Å². The molecule has 7 heteroatoms. The second kappa shape index (κ2) is 10.9. The van der Waals surface area contributed by atoms with Crippen molar-refractivity contribution >= 4 is 5.96 Å². The maximum Gasteiger partial charge on any atom is 0.193 e. The number of imidazole rings is 1. The average molecular weight is 441 g/mol. The maximum absolute atomic E-state index is 14.0. The normalized spacial score (nSPS) is 23.5. The second-order valence-electron chi connectivity index (χ2n) is 9.29. The molecular weight excluding hydrogens is 403 g/mol. The van der Waals surface area contributed by atoms with Crippen LogP contribution in [0.15, 0.2) is 48.0 Å². The fourth-order valence-electron chi connectivity index (χ4n) is 4.93. The third kappa shape index (κ3) is 5.68. The highest BCUT2D eigenvalue weighted by molar-refractivity contribution is 5.80. The van der Waals surface area contributed by atoms with Crippen LogP contribution in [0.25, 0.3) is 0 Å². The molecule has 0 saturated carbocycles. The fraction of sp³-hybridized carbons (Fsp3) is 0.600. The van der Waals surface area contributed by atoms with Crippen molar-refractivity contribution in [3.8, 4) is 0 Å². The molecule has 2 aliphatic rings. The molecule has 2 aliphatic heterocycles. The molecular formula is C25H37FN6. The Labute approximate surface area is 191 Å². The van der Waals surface area contributed by atoms with Crippen molar-refractivity contribution in [3.63, 3.8) is 0 Å². The summed E-state index contributed by atoms with van der Waals surface area (Å²) in [6, 6.07) is 7.55. The first-order valence-electron chi connectivity index (χ1n) is 12.1. The number of nitrogens with one attached hydrogen (secondary N) is 1. The van der Waals surface area contributed by atoms with Gasteiger partial charge in [-0.05, 0) is 57.2 Å². The summed E-state index contributed by atoms with van der Waals surface area (Å²) in [4.78, 5) is 14.1. The van der Waals surface area contributed by atoms with Crippen LogP contribution in [0.3, 0.4) is 0 Å². The van der Waals surface area contributed by atoms with Gasteiger partial charge in [0, 0.05) is 50.7 Å². The summed E-state index contributed by atoms with van der Waals surface area (Å²) >= 11 is 0. The molecule has 1 aromatic heterocycles. The van der Waals surface area contributed by atoms with Crippen LogP contribution in [0.2, 0.25) is 0 Å². The van der Waals surface area contributed by atoms with Crippen LogP contribution in [-0.4, -0.2) is 64.6 Å². The van der Waals surface area contributed by atoms with Crippen LogP contribution >= 0.6 is 0 Å². The predicted octanol–water partition coefficient (Wildman–Crippen LogP) is 3.78. The Balaban J connectivity index is 1.31. The Kier molecular flexibility index (Phi) is 7.79. The van der Waals surface area contributed by atoms with E-state index in [9.17, 15) is 4.39 Å². The molecule has 0 aliphatic carbocycles. The summed E-state index contributed by atoms with van der Waals surface area (Å²) in [5, 5.41) is 3.52. The number of halogens is 1. The monoisotopic (exact) mass is 440 g/mol. The highest BCUT2D eigenvalue weighted by Gasteiger charge is 2.29. The molecule has 1 aromatic carbocycles. The third-order valence-corrected chi connectivity index (χ3v) is 7.02. The Morgan fingerprint density at radius 2 is 2.00 bits per heavy atom. The second-order valence-corrected chi connectivity index (χ2v) is 9.29. The van der Waals surface area contributed by atoms with Crippen molar-refractivity contribution in [1.29, 1.82) is 0 Å². The maximum atomic E-state index is 14.0. The van der Waals surface area contributed by atoms with Crippen LogP contribution < -0.4 is 5.32 Å². The Morgan fingerprint density at radius 1 is 1.19 bits per heavy atom. The molecule has 2 fully saturated rings. The van der Waals surface area contributed by atoms with Crippen LogP contribution in [0, 0.1) is 17.7 Å². The number of rotatable bonds is 6. The fourth-order valence-corrected chi connectivity index (χ4v) is 4.93. The number of aromatic nitrogens is 2. The molecule has 2 saturated heterocycles. The van der Waals surface area contributed by atoms with E-state index in [2.05, 4.69) is 44.7 Å². The molecule has 174 valence electrons. The highest BCUT2D eigenvalue weighted by Crippen LogP contribution is 2.27. The SMILES string of the molecule is CCNC(=NCC1CCN(Cc2ccccc2F)CC1)N1CCC(C)C(n2ccnc2)C1. The van der Waals surface area contributed by atoms with Gasteiger partial charge in [0.15, 0.2) is 5.96 Å². The van der Waals surface area contributed by atoms with E-state index < -0.39 is 0 Å². The van der Waals surface area contributed by atoms with Crippen molar-refractivity contribution in [2.45, 2.75) is 45.7 Å². The summed E-state index contributed by atoms with van der Waals surface area (Å²) in [7, 11) is 0. The molecule has 32 heavy (non-hydrogen) atoms. The Bertz CT molecular complexity index is 859. The van der Waals surface area contributed by atoms with E-state index in [0.717, 1.165) is 70.1 Å². The minimum Gasteiger partial charge on any atom is -0.357 e. The van der Waals surface area contributed by atoms with Gasteiger partial charge in [-0.15, -0.1) is 0 Å². The molecule has 2 unspecified atom stereocenters.